The fourth-order valence-electron chi connectivity index (χ4n) is 1.28. The van der Waals surface area contributed by atoms with Gasteiger partial charge < -0.3 is 14.2 Å². The summed E-state index contributed by atoms with van der Waals surface area (Å²) in [7, 11) is -0.898. The normalized spacial score (nSPS) is 13.8. The summed E-state index contributed by atoms with van der Waals surface area (Å²) in [5, 5.41) is 9.73. The van der Waals surface area contributed by atoms with Crippen molar-refractivity contribution in [3.05, 3.63) is 35.6 Å². The molecule has 0 aliphatic carbocycles. The van der Waals surface area contributed by atoms with Gasteiger partial charge in [-0.05, 0) is 6.07 Å². The van der Waals surface area contributed by atoms with E-state index in [4.69, 9.17) is 0 Å². The van der Waals surface area contributed by atoms with Crippen LogP contribution in [0.4, 0.5) is 4.39 Å². The van der Waals surface area contributed by atoms with Crippen LogP contribution in [0.5, 0.6) is 0 Å². The highest BCUT2D eigenvalue weighted by Crippen LogP contribution is 2.49. The first-order valence-corrected chi connectivity index (χ1v) is 6.38. The second kappa shape index (κ2) is 5.55. The van der Waals surface area contributed by atoms with Crippen LogP contribution in [-0.2, 0) is 13.6 Å². The first kappa shape index (κ1) is 13.3. The third-order valence-electron chi connectivity index (χ3n) is 2.22. The van der Waals surface area contributed by atoms with Crippen LogP contribution in [0.2, 0.25) is 0 Å². The van der Waals surface area contributed by atoms with E-state index < -0.39 is 19.5 Å². The summed E-state index contributed by atoms with van der Waals surface area (Å²) in [6, 6.07) is 5.75. The minimum atomic E-state index is -3.34. The molecule has 1 atom stereocenters. The molecular weight excluding hydrogens is 234 g/mol. The molecule has 0 amide bonds. The minimum absolute atomic E-state index is 0.0804. The van der Waals surface area contributed by atoms with Gasteiger partial charge in [-0.15, -0.1) is 0 Å². The number of hydrogen-bond acceptors (Lipinski definition) is 4. The summed E-state index contributed by atoms with van der Waals surface area (Å²) < 4.78 is 34.4. The number of benzene rings is 1. The molecule has 0 radical (unpaired) electrons. The fraction of sp³-hybridized carbons (Fsp3) is 0.400. The first-order chi connectivity index (χ1) is 7.52. The van der Waals surface area contributed by atoms with E-state index in [2.05, 4.69) is 9.05 Å². The van der Waals surface area contributed by atoms with Crippen LogP contribution in [-0.4, -0.2) is 25.5 Å². The third kappa shape index (κ3) is 3.12. The van der Waals surface area contributed by atoms with Gasteiger partial charge in [-0.2, -0.15) is 0 Å². The highest BCUT2D eigenvalue weighted by atomic mass is 31.2. The summed E-state index contributed by atoms with van der Waals surface area (Å²) in [6.07, 6.45) is -1.49. The van der Waals surface area contributed by atoms with Crippen LogP contribution in [0.3, 0.4) is 0 Å². The molecule has 0 aromatic heterocycles. The maximum Gasteiger partial charge on any atom is 0.333 e. The van der Waals surface area contributed by atoms with Gasteiger partial charge in [0.05, 0.1) is 12.3 Å². The van der Waals surface area contributed by atoms with Crippen LogP contribution in [0, 0.1) is 5.82 Å². The molecule has 1 aromatic carbocycles. The zero-order chi connectivity index (χ0) is 12.2. The lowest BCUT2D eigenvalue weighted by Crippen LogP contribution is -2.08. The van der Waals surface area contributed by atoms with E-state index in [0.29, 0.717) is 0 Å². The van der Waals surface area contributed by atoms with Crippen LogP contribution < -0.4 is 0 Å². The Morgan fingerprint density at radius 3 is 2.44 bits per heavy atom. The van der Waals surface area contributed by atoms with Crippen LogP contribution >= 0.6 is 7.60 Å². The molecule has 1 rings (SSSR count). The molecule has 90 valence electrons. The van der Waals surface area contributed by atoms with Crippen molar-refractivity contribution in [3.63, 3.8) is 0 Å². The molecule has 0 fully saturated rings. The van der Waals surface area contributed by atoms with Crippen molar-refractivity contribution in [2.24, 2.45) is 0 Å². The Balaban J connectivity index is 2.84. The molecule has 0 saturated carbocycles. The number of rotatable bonds is 5. The molecule has 0 bridgehead atoms. The molecule has 0 heterocycles. The van der Waals surface area contributed by atoms with Gasteiger partial charge in [-0.1, -0.05) is 18.2 Å². The van der Waals surface area contributed by atoms with Crippen molar-refractivity contribution in [3.8, 4) is 0 Å². The van der Waals surface area contributed by atoms with Gasteiger partial charge in [0.25, 0.3) is 0 Å². The lowest BCUT2D eigenvalue weighted by atomic mass is 10.1. The van der Waals surface area contributed by atoms with E-state index in [-0.39, 0.29) is 11.7 Å². The predicted octanol–water partition coefficient (Wildman–Crippen LogP) is 2.35. The van der Waals surface area contributed by atoms with Crippen molar-refractivity contribution < 1.29 is 23.1 Å². The van der Waals surface area contributed by atoms with Crippen molar-refractivity contribution in [1.29, 1.82) is 0 Å². The second-order valence-corrected chi connectivity index (χ2v) is 5.51. The summed E-state index contributed by atoms with van der Waals surface area (Å²) in [6.45, 7) is 0. The highest BCUT2D eigenvalue weighted by molar-refractivity contribution is 7.53. The molecule has 6 heteroatoms. The molecule has 0 aliphatic rings. The van der Waals surface area contributed by atoms with Crippen LogP contribution in [0.25, 0.3) is 0 Å². The van der Waals surface area contributed by atoms with E-state index >= 15 is 0 Å². The standard InChI is InChI=1S/C10H14FO4P/c1-14-16(13,15-2)7-10(12)8-5-3-4-6-9(8)11/h3-6,10,12H,7H2,1-2H3. The lowest BCUT2D eigenvalue weighted by molar-refractivity contribution is 0.179. The maximum absolute atomic E-state index is 13.3. The van der Waals surface area contributed by atoms with Crippen molar-refractivity contribution >= 4 is 7.60 Å². The van der Waals surface area contributed by atoms with E-state index in [9.17, 15) is 14.1 Å². The molecule has 0 spiro atoms. The molecule has 16 heavy (non-hydrogen) atoms. The summed E-state index contributed by atoms with van der Waals surface area (Å²) in [5.74, 6) is -0.547. The maximum atomic E-state index is 13.3. The van der Waals surface area contributed by atoms with Crippen molar-refractivity contribution in [2.45, 2.75) is 6.10 Å². The van der Waals surface area contributed by atoms with Gasteiger partial charge >= 0.3 is 7.60 Å². The van der Waals surface area contributed by atoms with Gasteiger partial charge in [-0.25, -0.2) is 4.39 Å². The van der Waals surface area contributed by atoms with Crippen molar-refractivity contribution in [2.75, 3.05) is 20.4 Å². The summed E-state index contributed by atoms with van der Waals surface area (Å²) in [4.78, 5) is 0. The molecule has 0 aliphatic heterocycles. The Kier molecular flexibility index (Phi) is 4.62. The number of aliphatic hydroxyl groups excluding tert-OH is 1. The van der Waals surface area contributed by atoms with E-state index in [0.717, 1.165) is 0 Å². The largest absolute Gasteiger partial charge is 0.388 e. The Hall–Kier alpha value is -0.740. The SMILES string of the molecule is COP(=O)(CC(O)c1ccccc1F)OC. The molecule has 4 nitrogen and oxygen atoms in total. The highest BCUT2D eigenvalue weighted by Gasteiger charge is 2.27. The Bertz CT molecular complexity index is 388. The quantitative estimate of drug-likeness (QED) is 0.812. The molecule has 1 N–H and O–H groups in total. The van der Waals surface area contributed by atoms with Gasteiger partial charge in [0.1, 0.15) is 5.82 Å². The Labute approximate surface area is 93.5 Å². The van der Waals surface area contributed by atoms with Crippen LogP contribution in [0.1, 0.15) is 11.7 Å². The lowest BCUT2D eigenvalue weighted by Gasteiger charge is -2.18. The Morgan fingerprint density at radius 1 is 1.38 bits per heavy atom. The zero-order valence-corrected chi connectivity index (χ0v) is 9.99. The van der Waals surface area contributed by atoms with Crippen molar-refractivity contribution in [1.82, 2.24) is 0 Å². The van der Waals surface area contributed by atoms with E-state index in [1.54, 1.807) is 6.07 Å². The number of halogens is 1. The Morgan fingerprint density at radius 2 is 1.94 bits per heavy atom. The first-order valence-electron chi connectivity index (χ1n) is 4.65. The zero-order valence-electron chi connectivity index (χ0n) is 9.09. The van der Waals surface area contributed by atoms with Gasteiger partial charge in [0, 0.05) is 19.8 Å². The van der Waals surface area contributed by atoms with E-state index in [1.807, 2.05) is 0 Å². The topological polar surface area (TPSA) is 55.8 Å². The molecule has 0 saturated heterocycles. The smallest absolute Gasteiger partial charge is 0.333 e. The van der Waals surface area contributed by atoms with Gasteiger partial charge in [0.15, 0.2) is 0 Å². The number of hydrogen-bond donors (Lipinski definition) is 1. The van der Waals surface area contributed by atoms with Gasteiger partial charge in [0.2, 0.25) is 0 Å². The minimum Gasteiger partial charge on any atom is -0.388 e. The average Bonchev–Trinajstić information content (AvgIpc) is 2.29. The van der Waals surface area contributed by atoms with Crippen LogP contribution in [0.15, 0.2) is 24.3 Å². The predicted molar refractivity (Wildman–Crippen MR) is 57.9 cm³/mol. The van der Waals surface area contributed by atoms with Gasteiger partial charge in [-0.3, -0.25) is 4.57 Å². The molecule has 1 unspecified atom stereocenters. The molecule has 1 aromatic rings. The molecular formula is C10H14FO4P. The monoisotopic (exact) mass is 248 g/mol. The second-order valence-electron chi connectivity index (χ2n) is 3.20. The average molecular weight is 248 g/mol. The number of aliphatic hydroxyl groups is 1. The van der Waals surface area contributed by atoms with E-state index in [1.165, 1.54) is 32.4 Å². The summed E-state index contributed by atoms with van der Waals surface area (Å²) >= 11 is 0. The third-order valence-corrected chi connectivity index (χ3v) is 4.12. The fourth-order valence-corrected chi connectivity index (χ4v) is 2.35. The summed E-state index contributed by atoms with van der Waals surface area (Å²) in [5.41, 5.74) is 0.0804.